The number of nitrogens with two attached hydrogens (primary N) is 1. The summed E-state index contributed by atoms with van der Waals surface area (Å²) in [7, 11) is 58.9. The molecule has 0 heterocycles. The zero-order chi connectivity index (χ0) is 19.7. The molecule has 0 amide bonds. The Kier molecular flexibility index (Phi) is 4.97. The monoisotopic (exact) mass is 323 g/mol. The zero-order valence-corrected chi connectivity index (χ0v) is 14.1. The van der Waals surface area contributed by atoms with Crippen LogP contribution < -0.4 is 27.6 Å². The lowest BCUT2D eigenvalue weighted by atomic mass is 9.18. The van der Waals surface area contributed by atoms with Gasteiger partial charge in [0, 0.05) is 5.02 Å². The van der Waals surface area contributed by atoms with E-state index < -0.39 is 33.4 Å². The Labute approximate surface area is 166 Å². The molecular formula is C12H4B10ClNO. The first kappa shape index (κ1) is 21.1. The molecule has 1 atom stereocenters. The van der Waals surface area contributed by atoms with E-state index in [1.807, 2.05) is 0 Å². The van der Waals surface area contributed by atoms with E-state index in [1.54, 1.807) is 0 Å². The number of halogens is 1. The van der Waals surface area contributed by atoms with Crippen LogP contribution in [0.5, 0.6) is 0 Å². The minimum absolute atomic E-state index is 0.0866. The van der Waals surface area contributed by atoms with Crippen LogP contribution in [0.2, 0.25) is 20.7 Å². The minimum Gasteiger partial charge on any atom is -0.316 e. The van der Waals surface area contributed by atoms with Gasteiger partial charge in [-0.05, 0) is 5.56 Å². The Morgan fingerprint density at radius 3 is 1.72 bits per heavy atom. The average molecular weight is 322 g/mol. The van der Waals surface area contributed by atoms with E-state index in [0.29, 0.717) is 0 Å². The standard InChI is InChI=1S/C12H4B10ClNO/c13-3-2(7(23)6(16)5(15)4(3)14)11(24)8(25)12(21,22)10(19,20)1-9(11,17)18/h1,24H2. The summed E-state index contributed by atoms with van der Waals surface area (Å²) in [4.78, 5) is 13.1. The average Bonchev–Trinajstić information content (AvgIpc) is 2.47. The smallest absolute Gasteiger partial charge is 0.144 e. The summed E-state index contributed by atoms with van der Waals surface area (Å²) < 4.78 is 0. The van der Waals surface area contributed by atoms with Gasteiger partial charge in [0.2, 0.25) is 0 Å². The molecule has 100 valence electrons. The molecule has 1 aliphatic carbocycles. The van der Waals surface area contributed by atoms with Crippen molar-refractivity contribution in [3.63, 3.8) is 0 Å². The van der Waals surface area contributed by atoms with Gasteiger partial charge in [0.1, 0.15) is 37.2 Å². The fourth-order valence-corrected chi connectivity index (χ4v) is 3.40. The molecule has 20 radical (unpaired) electrons. The summed E-state index contributed by atoms with van der Waals surface area (Å²) in [6.45, 7) is 0. The van der Waals surface area contributed by atoms with Crippen LogP contribution in [0.25, 0.3) is 0 Å². The first-order valence-corrected chi connectivity index (χ1v) is 7.40. The zero-order valence-electron chi connectivity index (χ0n) is 13.3. The highest BCUT2D eigenvalue weighted by molar-refractivity contribution is 6.67. The van der Waals surface area contributed by atoms with E-state index in [2.05, 4.69) is 0 Å². The predicted molar refractivity (Wildman–Crippen MR) is 111 cm³/mol. The van der Waals surface area contributed by atoms with Crippen LogP contribution in [0.15, 0.2) is 0 Å². The Morgan fingerprint density at radius 1 is 0.800 bits per heavy atom. The van der Waals surface area contributed by atoms with Crippen molar-refractivity contribution in [1.82, 2.24) is 0 Å². The maximum Gasteiger partial charge on any atom is 0.144 e. The predicted octanol–water partition coefficient (Wildman–Crippen LogP) is -5.00. The lowest BCUT2D eigenvalue weighted by Gasteiger charge is -2.62. The number of carbonyl (C=O) groups is 1. The van der Waals surface area contributed by atoms with Crippen LogP contribution in [-0.4, -0.2) is 84.2 Å². The normalized spacial score (nSPS) is 27.0. The highest BCUT2D eigenvalue weighted by atomic mass is 35.5. The number of carbonyl (C=O) groups excluding carboxylic acids is 1. The Morgan fingerprint density at radius 2 is 1.24 bits per heavy atom. The molecule has 13 heteroatoms. The fraction of sp³-hybridized carbons (Fsp3) is 0.417. The second-order valence-electron chi connectivity index (χ2n) is 6.61. The number of Topliss-reactive ketones (excluding diaryl/α,β-unsaturated/α-hetero) is 1. The van der Waals surface area contributed by atoms with E-state index in [0.717, 1.165) is 0 Å². The molecule has 1 aliphatic rings. The molecule has 1 aromatic carbocycles. The first-order valence-electron chi connectivity index (χ1n) is 7.03. The van der Waals surface area contributed by atoms with Gasteiger partial charge >= 0.3 is 0 Å². The molecule has 25 heavy (non-hydrogen) atoms. The molecule has 0 aliphatic heterocycles. The maximum atomic E-state index is 13.1. The second-order valence-corrected chi connectivity index (χ2v) is 6.99. The van der Waals surface area contributed by atoms with Gasteiger partial charge in [-0.15, -0.1) is 16.1 Å². The van der Waals surface area contributed by atoms with Crippen molar-refractivity contribution in [3.05, 3.63) is 10.6 Å². The summed E-state index contributed by atoms with van der Waals surface area (Å²) in [5.41, 5.74) is 3.13. The Hall–Kier alpha value is -0.211. The third-order valence-electron chi connectivity index (χ3n) is 4.81. The molecule has 1 saturated carbocycles. The van der Waals surface area contributed by atoms with E-state index in [1.165, 1.54) is 0 Å². The van der Waals surface area contributed by atoms with Crippen LogP contribution in [0.3, 0.4) is 0 Å². The molecule has 1 fully saturated rings. The lowest BCUT2D eigenvalue weighted by molar-refractivity contribution is -0.128. The highest BCUT2D eigenvalue weighted by Crippen LogP contribution is 2.63. The van der Waals surface area contributed by atoms with Crippen LogP contribution in [0, 0.1) is 0 Å². The van der Waals surface area contributed by atoms with E-state index in [9.17, 15) is 4.79 Å². The van der Waals surface area contributed by atoms with Gasteiger partial charge in [-0.25, -0.2) is 0 Å². The SMILES string of the molecule is [B]c1c([B])c([B])c(C2(N)C(=O)C([B])([B])C([B])([B])CC2([B])[B])c(Cl)c1[B]. The van der Waals surface area contributed by atoms with E-state index >= 15 is 0 Å². The number of benzene rings is 1. The van der Waals surface area contributed by atoms with Crippen molar-refractivity contribution >= 4 is 118 Å². The van der Waals surface area contributed by atoms with Gasteiger partial charge in [0.15, 0.2) is 0 Å². The largest absolute Gasteiger partial charge is 0.316 e. The summed E-state index contributed by atoms with van der Waals surface area (Å²) in [6.07, 6.45) is -0.449. The topological polar surface area (TPSA) is 43.1 Å². The van der Waals surface area contributed by atoms with Crippen molar-refractivity contribution in [2.75, 3.05) is 0 Å². The van der Waals surface area contributed by atoms with Gasteiger partial charge in [0.05, 0.1) is 52.6 Å². The van der Waals surface area contributed by atoms with Crippen LogP contribution >= 0.6 is 11.6 Å². The number of rotatable bonds is 1. The molecule has 0 aromatic heterocycles. The molecular weight excluding hydrogens is 318 g/mol. The van der Waals surface area contributed by atoms with Crippen molar-refractivity contribution < 1.29 is 4.79 Å². The van der Waals surface area contributed by atoms with Gasteiger partial charge in [0.25, 0.3) is 0 Å². The summed E-state index contributed by atoms with van der Waals surface area (Å²) >= 11 is 6.23. The van der Waals surface area contributed by atoms with Crippen molar-refractivity contribution in [3.8, 4) is 0 Å². The maximum absolute atomic E-state index is 13.1. The molecule has 0 spiro atoms. The summed E-state index contributed by atoms with van der Waals surface area (Å²) in [6, 6.07) is 0. The van der Waals surface area contributed by atoms with Crippen LogP contribution in [-0.2, 0) is 10.3 Å². The quantitative estimate of drug-likeness (QED) is 0.527. The number of hydrogen-bond donors (Lipinski definition) is 1. The van der Waals surface area contributed by atoms with E-state index in [4.69, 9.17) is 95.8 Å². The molecule has 0 saturated heterocycles. The first-order chi connectivity index (χ1) is 11.0. The van der Waals surface area contributed by atoms with Gasteiger partial charge < -0.3 is 5.73 Å². The van der Waals surface area contributed by atoms with Gasteiger partial charge in [-0.2, -0.15) is 0 Å². The molecule has 0 bridgehead atoms. The molecule has 2 rings (SSSR count). The van der Waals surface area contributed by atoms with Crippen LogP contribution in [0.1, 0.15) is 12.0 Å². The van der Waals surface area contributed by atoms with Crippen molar-refractivity contribution in [2.24, 2.45) is 5.73 Å². The summed E-state index contributed by atoms with van der Waals surface area (Å²) in [5, 5.41) is -6.55. The van der Waals surface area contributed by atoms with E-state index in [-0.39, 0.29) is 32.4 Å². The molecule has 2 N–H and O–H groups in total. The van der Waals surface area contributed by atoms with Gasteiger partial charge in [-0.3, -0.25) is 4.79 Å². The number of ketones is 1. The van der Waals surface area contributed by atoms with Crippen LogP contribution in [0.4, 0.5) is 0 Å². The van der Waals surface area contributed by atoms with Gasteiger partial charge in [-0.1, -0.05) is 39.4 Å². The third-order valence-corrected chi connectivity index (χ3v) is 5.21. The fourth-order valence-electron chi connectivity index (χ4n) is 3.05. The summed E-state index contributed by atoms with van der Waals surface area (Å²) in [5.74, 6) is -1.08. The molecule has 1 unspecified atom stereocenters. The Bertz CT molecular complexity index is 751. The third kappa shape index (κ3) is 2.61. The number of hydrogen-bond acceptors (Lipinski definition) is 2. The second kappa shape index (κ2) is 5.89. The lowest BCUT2D eigenvalue weighted by Crippen LogP contribution is -2.68. The Balaban J connectivity index is 2.93. The minimum atomic E-state index is -2.30. The van der Waals surface area contributed by atoms with Crippen molar-refractivity contribution in [2.45, 2.75) is 27.6 Å². The molecule has 1 aromatic rings. The molecule has 2 nitrogen and oxygen atoms in total. The highest BCUT2D eigenvalue weighted by Gasteiger charge is 2.61. The van der Waals surface area contributed by atoms with Crippen molar-refractivity contribution in [1.29, 1.82) is 0 Å².